The zero-order valence-corrected chi connectivity index (χ0v) is 17.9. The first-order chi connectivity index (χ1) is 15.6. The number of anilines is 1. The summed E-state index contributed by atoms with van der Waals surface area (Å²) in [7, 11) is 0. The van der Waals surface area contributed by atoms with E-state index in [1.807, 2.05) is 24.3 Å². The van der Waals surface area contributed by atoms with Crippen LogP contribution in [0.15, 0.2) is 85.0 Å². The van der Waals surface area contributed by atoms with E-state index in [2.05, 4.69) is 12.2 Å². The lowest BCUT2D eigenvalue weighted by Crippen LogP contribution is -2.35. The average molecular weight is 426 g/mol. The summed E-state index contributed by atoms with van der Waals surface area (Å²) >= 11 is 0. The number of aldehydes is 1. The Morgan fingerprint density at radius 2 is 1.38 bits per heavy atom. The summed E-state index contributed by atoms with van der Waals surface area (Å²) in [4.78, 5) is 34.6. The Hall–Kier alpha value is -3.53. The fourth-order valence-electron chi connectivity index (χ4n) is 4.75. The molecule has 0 heterocycles. The maximum Gasteiger partial charge on any atom is 0.173 e. The number of nitrogen functional groups attached to an aromatic ring is 1. The zero-order valence-electron chi connectivity index (χ0n) is 17.9. The number of rotatable bonds is 1. The largest absolute Gasteiger partial charge is 0.398 e. The number of hydrogen-bond acceptors (Lipinski definition) is 4. The number of nitrogens with two attached hydrogens (primary N) is 1. The Morgan fingerprint density at radius 1 is 0.750 bits per heavy atom. The second-order valence-electron chi connectivity index (χ2n) is 8.57. The van der Waals surface area contributed by atoms with E-state index in [1.165, 1.54) is 19.3 Å². The predicted octanol–water partition coefficient (Wildman–Crippen LogP) is 5.48. The molecule has 2 bridgehead atoms. The number of carbonyl (C=O) groups is 3. The number of ketones is 2. The second-order valence-corrected chi connectivity index (χ2v) is 8.57. The molecule has 0 amide bonds. The van der Waals surface area contributed by atoms with Gasteiger partial charge in [-0.3, -0.25) is 14.4 Å². The van der Waals surface area contributed by atoms with Crippen molar-refractivity contribution in [2.45, 2.75) is 19.3 Å². The number of hydrogen-bond donors (Lipinski definition) is 1. The lowest BCUT2D eigenvalue weighted by atomic mass is 9.72. The Balaban J connectivity index is 0.000000134. The third kappa shape index (κ3) is 4.54. The lowest BCUT2D eigenvalue weighted by Gasteiger charge is -2.28. The molecule has 1 fully saturated rings. The number of fused-ring (bicyclic) bond motifs is 4. The molecule has 162 valence electrons. The molecule has 4 nitrogen and oxygen atoms in total. The molecule has 4 aliphatic carbocycles. The van der Waals surface area contributed by atoms with E-state index < -0.39 is 0 Å². The first kappa shape index (κ1) is 21.7. The van der Waals surface area contributed by atoms with Gasteiger partial charge in [-0.1, -0.05) is 78.9 Å². The standard InChI is InChI=1S/C14H11NO2.C7H6O.C7H10/c15-11-7-3-6-10-12(11)14(17)9-5-2-1-4-8(9)13(10)16;8-6-7-4-2-1-3-5-7;1-2-7-4-3-6(1)5-7/h1-9H,15H2;1-6H;1-2,6-7H,3-5H2. The first-order valence-electron chi connectivity index (χ1n) is 11.1. The van der Waals surface area contributed by atoms with Gasteiger partial charge in [-0.25, -0.2) is 0 Å². The second kappa shape index (κ2) is 9.73. The molecule has 2 N–H and O–H groups in total. The summed E-state index contributed by atoms with van der Waals surface area (Å²) < 4.78 is 0. The van der Waals surface area contributed by atoms with Gasteiger partial charge in [-0.15, -0.1) is 0 Å². The summed E-state index contributed by atoms with van der Waals surface area (Å²) in [5.41, 5.74) is 7.76. The van der Waals surface area contributed by atoms with Gasteiger partial charge in [-0.05, 0) is 37.2 Å². The molecule has 4 heteroatoms. The maximum atomic E-state index is 12.3. The van der Waals surface area contributed by atoms with E-state index in [0.717, 1.165) is 23.7 Å². The Bertz CT molecular complexity index is 1080. The predicted molar refractivity (Wildman–Crippen MR) is 127 cm³/mol. The summed E-state index contributed by atoms with van der Waals surface area (Å²) in [6.07, 6.45) is 17.2. The summed E-state index contributed by atoms with van der Waals surface area (Å²) in [6.45, 7) is 0. The number of allylic oxidation sites excluding steroid dienone is 6. The van der Waals surface area contributed by atoms with Gasteiger partial charge in [0.25, 0.3) is 0 Å². The lowest BCUT2D eigenvalue weighted by molar-refractivity contribution is 0.0802. The molecule has 0 aliphatic heterocycles. The van der Waals surface area contributed by atoms with E-state index in [9.17, 15) is 14.4 Å². The molecule has 6 rings (SSSR count). The van der Waals surface area contributed by atoms with E-state index in [1.54, 1.807) is 48.6 Å². The molecule has 4 aliphatic rings. The molecule has 2 aromatic rings. The van der Waals surface area contributed by atoms with Crippen molar-refractivity contribution in [2.24, 2.45) is 23.7 Å². The first-order valence-corrected chi connectivity index (χ1v) is 11.1. The van der Waals surface area contributed by atoms with Crippen LogP contribution in [-0.2, 0) is 0 Å². The van der Waals surface area contributed by atoms with Crippen LogP contribution >= 0.6 is 0 Å². The van der Waals surface area contributed by atoms with Crippen molar-refractivity contribution in [3.8, 4) is 0 Å². The van der Waals surface area contributed by atoms with Gasteiger partial charge in [0.05, 0.1) is 17.4 Å². The molecular formula is C28H27NO3. The van der Waals surface area contributed by atoms with Crippen molar-refractivity contribution in [2.75, 3.05) is 5.73 Å². The van der Waals surface area contributed by atoms with Crippen molar-refractivity contribution in [1.29, 1.82) is 0 Å². The van der Waals surface area contributed by atoms with Crippen molar-refractivity contribution >= 4 is 23.5 Å². The van der Waals surface area contributed by atoms with Crippen molar-refractivity contribution in [1.82, 2.24) is 0 Å². The van der Waals surface area contributed by atoms with Gasteiger partial charge in [0, 0.05) is 16.8 Å². The molecule has 0 aromatic heterocycles. The van der Waals surface area contributed by atoms with Crippen molar-refractivity contribution < 1.29 is 14.4 Å². The Morgan fingerprint density at radius 3 is 1.88 bits per heavy atom. The minimum atomic E-state index is -0.385. The van der Waals surface area contributed by atoms with Gasteiger partial charge in [0.15, 0.2) is 11.6 Å². The van der Waals surface area contributed by atoms with E-state index in [-0.39, 0.29) is 23.4 Å². The van der Waals surface area contributed by atoms with Crippen molar-refractivity contribution in [3.63, 3.8) is 0 Å². The molecule has 32 heavy (non-hydrogen) atoms. The summed E-state index contributed by atoms with van der Waals surface area (Å²) in [5.74, 6) is 1.17. The quantitative estimate of drug-likeness (QED) is 0.373. The van der Waals surface area contributed by atoms with Gasteiger partial charge < -0.3 is 5.73 Å². The molecule has 0 saturated heterocycles. The van der Waals surface area contributed by atoms with Crippen LogP contribution in [0, 0.1) is 23.7 Å². The third-order valence-electron chi connectivity index (χ3n) is 6.45. The van der Waals surface area contributed by atoms with Gasteiger partial charge in [0.1, 0.15) is 6.29 Å². The topological polar surface area (TPSA) is 77.2 Å². The van der Waals surface area contributed by atoms with E-state index in [0.29, 0.717) is 16.8 Å². The minimum absolute atomic E-state index is 0.0162. The average Bonchev–Trinajstić information content (AvgIpc) is 3.50. The number of benzene rings is 2. The molecule has 0 spiro atoms. The van der Waals surface area contributed by atoms with Gasteiger partial charge >= 0.3 is 0 Å². The molecule has 4 atom stereocenters. The van der Waals surface area contributed by atoms with Crippen LogP contribution in [0.25, 0.3) is 0 Å². The highest BCUT2D eigenvalue weighted by Crippen LogP contribution is 2.38. The van der Waals surface area contributed by atoms with Crippen LogP contribution in [0.1, 0.15) is 50.3 Å². The highest BCUT2D eigenvalue weighted by Gasteiger charge is 2.40. The van der Waals surface area contributed by atoms with Crippen LogP contribution in [0.2, 0.25) is 0 Å². The van der Waals surface area contributed by atoms with Gasteiger partial charge in [0.2, 0.25) is 0 Å². The molecule has 1 saturated carbocycles. The normalized spacial score (nSPS) is 25.8. The Kier molecular flexibility index (Phi) is 6.60. The highest BCUT2D eigenvalue weighted by molar-refractivity contribution is 6.19. The zero-order chi connectivity index (χ0) is 22.5. The fourth-order valence-corrected chi connectivity index (χ4v) is 4.75. The van der Waals surface area contributed by atoms with Crippen LogP contribution in [0.4, 0.5) is 5.69 Å². The fraction of sp³-hybridized carbons (Fsp3) is 0.250. The van der Waals surface area contributed by atoms with Crippen LogP contribution in [0.5, 0.6) is 0 Å². The molecule has 2 aromatic carbocycles. The highest BCUT2D eigenvalue weighted by atomic mass is 16.1. The minimum Gasteiger partial charge on any atom is -0.398 e. The summed E-state index contributed by atoms with van der Waals surface area (Å²) in [6, 6.07) is 14.1. The maximum absolute atomic E-state index is 12.3. The van der Waals surface area contributed by atoms with Crippen LogP contribution < -0.4 is 5.73 Å². The monoisotopic (exact) mass is 425 g/mol. The molecule has 4 unspecified atom stereocenters. The number of carbonyl (C=O) groups excluding carboxylic acids is 3. The smallest absolute Gasteiger partial charge is 0.173 e. The van der Waals surface area contributed by atoms with Crippen LogP contribution in [0.3, 0.4) is 0 Å². The molecule has 0 radical (unpaired) electrons. The van der Waals surface area contributed by atoms with E-state index >= 15 is 0 Å². The van der Waals surface area contributed by atoms with Crippen molar-refractivity contribution in [3.05, 3.63) is 102 Å². The van der Waals surface area contributed by atoms with Gasteiger partial charge in [-0.2, -0.15) is 0 Å². The third-order valence-corrected chi connectivity index (χ3v) is 6.45. The Labute approximate surface area is 188 Å². The van der Waals surface area contributed by atoms with E-state index in [4.69, 9.17) is 5.73 Å². The summed E-state index contributed by atoms with van der Waals surface area (Å²) in [5, 5.41) is 0. The van der Waals surface area contributed by atoms with Crippen LogP contribution in [-0.4, -0.2) is 17.9 Å². The SMILES string of the molecule is C1=CC2CCC1C2.Nc1cccc2c1C(=O)C1C=CC=CC1C2=O.O=Cc1ccccc1. The molecular weight excluding hydrogens is 398 g/mol. The number of Topliss-reactive ketones (excluding diaryl/α,β-unsaturated/α-hetero) is 2.